The zero-order valence-electron chi connectivity index (χ0n) is 36.5. The van der Waals surface area contributed by atoms with Crippen LogP contribution in [0.15, 0.2) is 115 Å². The van der Waals surface area contributed by atoms with Crippen LogP contribution in [-0.2, 0) is 12.1 Å². The Bertz CT molecular complexity index is 2670. The lowest BCUT2D eigenvalue weighted by Crippen LogP contribution is -2.52. The third kappa shape index (κ3) is 6.43. The van der Waals surface area contributed by atoms with E-state index in [4.69, 9.17) is 4.74 Å². The lowest BCUT2D eigenvalue weighted by atomic mass is 9.74. The zero-order chi connectivity index (χ0) is 43.4. The third-order valence-electron chi connectivity index (χ3n) is 13.7. The van der Waals surface area contributed by atoms with Crippen LogP contribution in [0.3, 0.4) is 0 Å². The first kappa shape index (κ1) is 40.4. The minimum atomic E-state index is -1.09. The van der Waals surface area contributed by atoms with Gasteiger partial charge in [0.05, 0.1) is 5.69 Å². The second-order valence-electron chi connectivity index (χ2n) is 16.7. The Morgan fingerprint density at radius 3 is 1.86 bits per heavy atom. The van der Waals surface area contributed by atoms with Crippen molar-refractivity contribution in [3.05, 3.63) is 154 Å². The molecule has 5 aromatic carbocycles. The number of pyridine rings is 1. The number of fused-ring (bicyclic) bond motifs is 6. The van der Waals surface area contributed by atoms with E-state index in [-0.39, 0.29) is 30.8 Å². The fourth-order valence-corrected chi connectivity index (χ4v) is 10.6. The molecule has 11 nitrogen and oxygen atoms in total. The molecule has 1 aromatic heterocycles. The lowest BCUT2D eigenvalue weighted by Gasteiger charge is -2.45. The SMILES string of the molecule is CCN(CC)c1ccc2c(c1)Oc1cc(N(CC)CC)ccc1C21c2ccccc2C(=O)N1CCN1C(=O)c2cccc3c(N4CCN(Cc5ccccn5)CC4)ccc(c23)C1=O. The summed E-state index contributed by atoms with van der Waals surface area (Å²) in [7, 11) is 0. The minimum absolute atomic E-state index is 0.00947. The van der Waals surface area contributed by atoms with E-state index in [1.165, 1.54) is 4.90 Å². The Morgan fingerprint density at radius 2 is 1.22 bits per heavy atom. The predicted molar refractivity (Wildman–Crippen MR) is 248 cm³/mol. The monoisotopic (exact) mass is 839 g/mol. The maximum absolute atomic E-state index is 15.0. The Hall–Kier alpha value is -6.72. The van der Waals surface area contributed by atoms with Gasteiger partial charge in [-0.2, -0.15) is 0 Å². The van der Waals surface area contributed by atoms with Crippen molar-refractivity contribution in [2.75, 3.05) is 80.1 Å². The number of aromatic nitrogens is 1. The van der Waals surface area contributed by atoms with Gasteiger partial charge in [-0.05, 0) is 81.8 Å². The van der Waals surface area contributed by atoms with Crippen LogP contribution < -0.4 is 19.4 Å². The smallest absolute Gasteiger partial charge is 0.261 e. The number of piperazine rings is 1. The summed E-state index contributed by atoms with van der Waals surface area (Å²) in [6, 6.07) is 36.1. The molecule has 1 saturated heterocycles. The molecule has 5 heterocycles. The number of anilines is 3. The molecular formula is C52H53N7O4. The van der Waals surface area contributed by atoms with Crippen molar-refractivity contribution >= 4 is 45.6 Å². The molecule has 320 valence electrons. The summed E-state index contributed by atoms with van der Waals surface area (Å²) in [4.78, 5) is 61.3. The van der Waals surface area contributed by atoms with Crippen molar-refractivity contribution in [3.8, 4) is 11.5 Å². The summed E-state index contributed by atoms with van der Waals surface area (Å²) in [5.41, 5.74) is 7.18. The fourth-order valence-electron chi connectivity index (χ4n) is 10.6. The van der Waals surface area contributed by atoms with Crippen molar-refractivity contribution in [1.29, 1.82) is 0 Å². The van der Waals surface area contributed by atoms with Gasteiger partial charge in [-0.1, -0.05) is 48.5 Å². The Balaban J connectivity index is 1.00. The van der Waals surface area contributed by atoms with E-state index in [0.29, 0.717) is 33.6 Å². The molecule has 11 heteroatoms. The number of carbonyl (C=O) groups excluding carboxylic acids is 3. The molecule has 4 aliphatic rings. The van der Waals surface area contributed by atoms with Gasteiger partial charge >= 0.3 is 0 Å². The first-order valence-electron chi connectivity index (χ1n) is 22.5. The largest absolute Gasteiger partial charge is 0.456 e. The molecule has 0 bridgehead atoms. The second kappa shape index (κ2) is 16.2. The van der Waals surface area contributed by atoms with Crippen LogP contribution in [0, 0.1) is 0 Å². The Morgan fingerprint density at radius 1 is 0.603 bits per heavy atom. The van der Waals surface area contributed by atoms with Crippen LogP contribution in [0.1, 0.15) is 81.2 Å². The molecule has 0 atom stereocenters. The number of hydrogen-bond donors (Lipinski definition) is 0. The van der Waals surface area contributed by atoms with E-state index in [2.05, 4.69) is 94.7 Å². The molecule has 0 unspecified atom stereocenters. The number of carbonyl (C=O) groups is 3. The highest BCUT2D eigenvalue weighted by Gasteiger charge is 2.56. The van der Waals surface area contributed by atoms with Gasteiger partial charge < -0.3 is 24.3 Å². The van der Waals surface area contributed by atoms with Crippen LogP contribution >= 0.6 is 0 Å². The van der Waals surface area contributed by atoms with E-state index < -0.39 is 5.54 Å². The molecule has 1 fully saturated rings. The maximum Gasteiger partial charge on any atom is 0.261 e. The van der Waals surface area contributed by atoms with Gasteiger partial charge in [-0.3, -0.25) is 29.2 Å². The number of benzene rings is 5. The van der Waals surface area contributed by atoms with E-state index >= 15 is 0 Å². The fraction of sp³-hybridized carbons (Fsp3) is 0.308. The topological polar surface area (TPSA) is 92.8 Å². The highest BCUT2D eigenvalue weighted by atomic mass is 16.5. The summed E-state index contributed by atoms with van der Waals surface area (Å²) in [6.07, 6.45) is 1.83. The number of hydrogen-bond acceptors (Lipinski definition) is 9. The van der Waals surface area contributed by atoms with Crippen LogP contribution in [0.25, 0.3) is 10.8 Å². The van der Waals surface area contributed by atoms with Crippen LogP contribution in [0.4, 0.5) is 17.1 Å². The molecule has 63 heavy (non-hydrogen) atoms. The lowest BCUT2D eigenvalue weighted by molar-refractivity contribution is 0.0517. The number of imide groups is 1. The van der Waals surface area contributed by atoms with Gasteiger partial charge in [0.25, 0.3) is 17.7 Å². The van der Waals surface area contributed by atoms with Crippen LogP contribution in [0.2, 0.25) is 0 Å². The summed E-state index contributed by atoms with van der Waals surface area (Å²) in [5, 5.41) is 1.59. The molecule has 0 N–H and O–H groups in total. The Labute approximate surface area is 369 Å². The average molecular weight is 840 g/mol. The first-order chi connectivity index (χ1) is 30.8. The molecular weight excluding hydrogens is 787 g/mol. The van der Waals surface area contributed by atoms with Gasteiger partial charge in [0.2, 0.25) is 0 Å². The summed E-state index contributed by atoms with van der Waals surface area (Å²) < 4.78 is 6.89. The summed E-state index contributed by atoms with van der Waals surface area (Å²) in [5.74, 6) is 0.487. The normalized spacial score (nSPS) is 16.3. The minimum Gasteiger partial charge on any atom is -0.456 e. The van der Waals surface area contributed by atoms with Crippen molar-refractivity contribution in [2.45, 2.75) is 39.8 Å². The second-order valence-corrected chi connectivity index (χ2v) is 16.7. The molecule has 1 spiro atoms. The number of amides is 3. The average Bonchev–Trinajstić information content (AvgIpc) is 3.56. The van der Waals surface area contributed by atoms with E-state index in [0.717, 1.165) is 104 Å². The molecule has 0 aliphatic carbocycles. The van der Waals surface area contributed by atoms with Gasteiger partial charge in [-0.25, -0.2) is 0 Å². The van der Waals surface area contributed by atoms with Crippen molar-refractivity contribution in [2.24, 2.45) is 0 Å². The molecule has 4 aliphatic heterocycles. The molecule has 3 amide bonds. The van der Waals surface area contributed by atoms with E-state index in [1.807, 2.05) is 77.8 Å². The standard InChI is InChI=1S/C52H53N7O4/c1-5-55(6-2)36-19-22-43-46(32-36)63-47-33-37(56(7-3)8-4)20-23-44(47)52(43)42-18-10-9-15-38(42)51(62)59(52)31-30-58-49(60)40-17-13-16-39-45(24-21-41(48(39)40)50(58)61)57-28-26-54(27-29-57)34-35-14-11-12-25-53-35/h9-25,32-33H,5-8,26-31,34H2,1-4H3. The predicted octanol–water partition coefficient (Wildman–Crippen LogP) is 8.40. The third-order valence-corrected chi connectivity index (χ3v) is 13.7. The number of ether oxygens (including phenoxy) is 1. The number of rotatable bonds is 12. The number of nitrogens with zero attached hydrogens (tertiary/aromatic N) is 7. The Kier molecular flexibility index (Phi) is 10.4. The molecule has 10 rings (SSSR count). The van der Waals surface area contributed by atoms with Crippen LogP contribution in [0.5, 0.6) is 11.5 Å². The summed E-state index contributed by atoms with van der Waals surface area (Å²) >= 11 is 0. The first-order valence-corrected chi connectivity index (χ1v) is 22.5. The van der Waals surface area contributed by atoms with Crippen LogP contribution in [-0.4, -0.2) is 103 Å². The van der Waals surface area contributed by atoms with Crippen molar-refractivity contribution < 1.29 is 19.1 Å². The summed E-state index contributed by atoms with van der Waals surface area (Å²) in [6.45, 7) is 16.2. The highest BCUT2D eigenvalue weighted by Crippen LogP contribution is 2.58. The molecule has 0 saturated carbocycles. The zero-order valence-corrected chi connectivity index (χ0v) is 36.5. The molecule has 6 aromatic rings. The molecule has 0 radical (unpaired) electrons. The van der Waals surface area contributed by atoms with Gasteiger partial charge in [0, 0.05) is 146 Å². The van der Waals surface area contributed by atoms with Gasteiger partial charge in [0.15, 0.2) is 0 Å². The van der Waals surface area contributed by atoms with E-state index in [9.17, 15) is 14.4 Å². The maximum atomic E-state index is 15.0. The highest BCUT2D eigenvalue weighted by molar-refractivity contribution is 6.26. The van der Waals surface area contributed by atoms with Crippen molar-refractivity contribution in [1.82, 2.24) is 19.7 Å². The van der Waals surface area contributed by atoms with E-state index in [1.54, 1.807) is 0 Å². The van der Waals surface area contributed by atoms with Crippen molar-refractivity contribution in [3.63, 3.8) is 0 Å². The van der Waals surface area contributed by atoms with Gasteiger partial charge in [0.1, 0.15) is 17.0 Å². The quantitative estimate of drug-likeness (QED) is 0.113. The van der Waals surface area contributed by atoms with Gasteiger partial charge in [-0.15, -0.1) is 0 Å².